The standard InChI is InChI=1S/C16H16O3/c1-12-3-2-4-14(9-12)11-19-16(18)10-13-5-7-15(17)8-6-13/h2-9,17H,10-11H2,1H3. The maximum atomic E-state index is 11.7. The van der Waals surface area contributed by atoms with Gasteiger partial charge in [-0.25, -0.2) is 0 Å². The molecule has 0 fully saturated rings. The normalized spacial score (nSPS) is 10.2. The van der Waals surface area contributed by atoms with Crippen LogP contribution in [0.3, 0.4) is 0 Å². The lowest BCUT2D eigenvalue weighted by molar-refractivity contribution is -0.144. The van der Waals surface area contributed by atoms with Crippen LogP contribution in [0.25, 0.3) is 0 Å². The van der Waals surface area contributed by atoms with Crippen LogP contribution in [0, 0.1) is 6.92 Å². The highest BCUT2D eigenvalue weighted by atomic mass is 16.5. The summed E-state index contributed by atoms with van der Waals surface area (Å²) in [7, 11) is 0. The summed E-state index contributed by atoms with van der Waals surface area (Å²) in [5.74, 6) is -0.0796. The Hall–Kier alpha value is -2.29. The fraction of sp³-hybridized carbons (Fsp3) is 0.188. The number of rotatable bonds is 4. The van der Waals surface area contributed by atoms with Gasteiger partial charge in [-0.1, -0.05) is 42.0 Å². The minimum atomic E-state index is -0.271. The van der Waals surface area contributed by atoms with E-state index in [9.17, 15) is 4.79 Å². The Morgan fingerprint density at radius 2 is 1.84 bits per heavy atom. The van der Waals surface area contributed by atoms with Gasteiger partial charge in [0.2, 0.25) is 0 Å². The Morgan fingerprint density at radius 3 is 2.53 bits per heavy atom. The quantitative estimate of drug-likeness (QED) is 0.855. The maximum absolute atomic E-state index is 11.7. The van der Waals surface area contributed by atoms with Crippen LogP contribution in [0.15, 0.2) is 48.5 Å². The van der Waals surface area contributed by atoms with Crippen LogP contribution in [0.5, 0.6) is 5.75 Å². The third-order valence-corrected chi connectivity index (χ3v) is 2.77. The lowest BCUT2D eigenvalue weighted by Gasteiger charge is -2.06. The molecule has 0 aliphatic rings. The molecule has 0 saturated heterocycles. The maximum Gasteiger partial charge on any atom is 0.310 e. The van der Waals surface area contributed by atoms with Crippen LogP contribution in [0.4, 0.5) is 0 Å². The van der Waals surface area contributed by atoms with Gasteiger partial charge in [0, 0.05) is 0 Å². The van der Waals surface area contributed by atoms with Crippen LogP contribution in [-0.4, -0.2) is 11.1 Å². The molecule has 3 heteroatoms. The fourth-order valence-corrected chi connectivity index (χ4v) is 1.80. The average Bonchev–Trinajstić information content (AvgIpc) is 2.39. The molecule has 0 radical (unpaired) electrons. The van der Waals surface area contributed by atoms with Crippen molar-refractivity contribution >= 4 is 5.97 Å². The zero-order valence-corrected chi connectivity index (χ0v) is 10.8. The van der Waals surface area contributed by atoms with E-state index >= 15 is 0 Å². The highest BCUT2D eigenvalue weighted by Crippen LogP contribution is 2.11. The highest BCUT2D eigenvalue weighted by molar-refractivity contribution is 5.72. The van der Waals surface area contributed by atoms with E-state index in [2.05, 4.69) is 0 Å². The monoisotopic (exact) mass is 256 g/mol. The van der Waals surface area contributed by atoms with Crippen LogP contribution < -0.4 is 0 Å². The van der Waals surface area contributed by atoms with Gasteiger partial charge in [0.25, 0.3) is 0 Å². The number of aryl methyl sites for hydroxylation is 1. The molecule has 2 rings (SSSR count). The number of carbonyl (C=O) groups is 1. The molecule has 0 atom stereocenters. The Kier molecular flexibility index (Phi) is 4.18. The zero-order chi connectivity index (χ0) is 13.7. The number of phenols is 1. The molecular formula is C16H16O3. The first-order chi connectivity index (χ1) is 9.13. The van der Waals surface area contributed by atoms with Crippen molar-refractivity contribution in [1.82, 2.24) is 0 Å². The van der Waals surface area contributed by atoms with Gasteiger partial charge in [0.1, 0.15) is 12.4 Å². The third kappa shape index (κ3) is 4.14. The first kappa shape index (κ1) is 13.1. The van der Waals surface area contributed by atoms with Crippen molar-refractivity contribution in [3.8, 4) is 5.75 Å². The molecule has 3 nitrogen and oxygen atoms in total. The molecule has 1 N–H and O–H groups in total. The number of esters is 1. The number of carbonyl (C=O) groups excluding carboxylic acids is 1. The molecule has 0 spiro atoms. The Balaban J connectivity index is 1.86. The average molecular weight is 256 g/mol. The first-order valence-electron chi connectivity index (χ1n) is 6.12. The third-order valence-electron chi connectivity index (χ3n) is 2.77. The molecule has 98 valence electrons. The van der Waals surface area contributed by atoms with E-state index in [1.165, 1.54) is 0 Å². The number of aromatic hydroxyl groups is 1. The van der Waals surface area contributed by atoms with Gasteiger partial charge in [0.15, 0.2) is 0 Å². The summed E-state index contributed by atoms with van der Waals surface area (Å²) >= 11 is 0. The van der Waals surface area contributed by atoms with Crippen LogP contribution >= 0.6 is 0 Å². The number of ether oxygens (including phenoxy) is 1. The molecule has 0 saturated carbocycles. The molecule has 0 heterocycles. The fourth-order valence-electron chi connectivity index (χ4n) is 1.80. The number of hydrogen-bond donors (Lipinski definition) is 1. The van der Waals surface area contributed by atoms with Crippen molar-refractivity contribution in [2.75, 3.05) is 0 Å². The van der Waals surface area contributed by atoms with Crippen LogP contribution in [0.2, 0.25) is 0 Å². The summed E-state index contributed by atoms with van der Waals surface area (Å²) < 4.78 is 5.22. The summed E-state index contributed by atoms with van der Waals surface area (Å²) in [6, 6.07) is 14.4. The summed E-state index contributed by atoms with van der Waals surface area (Å²) in [6.45, 7) is 2.29. The van der Waals surface area contributed by atoms with E-state index in [0.29, 0.717) is 6.61 Å². The van der Waals surface area contributed by atoms with Crippen molar-refractivity contribution in [3.63, 3.8) is 0 Å². The van der Waals surface area contributed by atoms with Crippen molar-refractivity contribution in [2.24, 2.45) is 0 Å². The van der Waals surface area contributed by atoms with E-state index in [0.717, 1.165) is 16.7 Å². The zero-order valence-electron chi connectivity index (χ0n) is 10.8. The summed E-state index contributed by atoms with van der Waals surface area (Å²) in [4.78, 5) is 11.7. The Labute approximate surface area is 112 Å². The summed E-state index contributed by atoms with van der Waals surface area (Å²) in [5.41, 5.74) is 2.96. The second kappa shape index (κ2) is 6.05. The van der Waals surface area contributed by atoms with Gasteiger partial charge in [-0.05, 0) is 30.2 Å². The minimum absolute atomic E-state index is 0.192. The molecule has 0 bridgehead atoms. The van der Waals surface area contributed by atoms with E-state index < -0.39 is 0 Å². The predicted octanol–water partition coefficient (Wildman–Crippen LogP) is 2.99. The molecule has 0 aliphatic heterocycles. The number of benzene rings is 2. The molecule has 0 aliphatic carbocycles. The minimum Gasteiger partial charge on any atom is -0.508 e. The van der Waals surface area contributed by atoms with Gasteiger partial charge in [-0.3, -0.25) is 4.79 Å². The van der Waals surface area contributed by atoms with E-state index in [-0.39, 0.29) is 18.1 Å². The van der Waals surface area contributed by atoms with Crippen molar-refractivity contribution in [1.29, 1.82) is 0 Å². The highest BCUT2D eigenvalue weighted by Gasteiger charge is 2.05. The largest absolute Gasteiger partial charge is 0.508 e. The number of hydrogen-bond acceptors (Lipinski definition) is 3. The van der Waals surface area contributed by atoms with Crippen molar-refractivity contribution in [2.45, 2.75) is 20.0 Å². The molecule has 0 amide bonds. The lowest BCUT2D eigenvalue weighted by atomic mass is 10.1. The van der Waals surface area contributed by atoms with Crippen molar-refractivity contribution in [3.05, 3.63) is 65.2 Å². The molecular weight excluding hydrogens is 240 g/mol. The molecule has 0 unspecified atom stereocenters. The van der Waals surface area contributed by atoms with Gasteiger partial charge >= 0.3 is 5.97 Å². The smallest absolute Gasteiger partial charge is 0.310 e. The van der Waals surface area contributed by atoms with Gasteiger partial charge in [-0.2, -0.15) is 0 Å². The molecule has 0 aromatic heterocycles. The second-order valence-electron chi connectivity index (χ2n) is 4.49. The first-order valence-corrected chi connectivity index (χ1v) is 6.12. The topological polar surface area (TPSA) is 46.5 Å². The van der Waals surface area contributed by atoms with Gasteiger partial charge < -0.3 is 9.84 Å². The van der Waals surface area contributed by atoms with E-state index in [1.807, 2.05) is 31.2 Å². The molecule has 2 aromatic carbocycles. The van der Waals surface area contributed by atoms with Gasteiger partial charge in [0.05, 0.1) is 6.42 Å². The Bertz CT molecular complexity index is 558. The lowest BCUT2D eigenvalue weighted by Crippen LogP contribution is -2.07. The molecule has 2 aromatic rings. The van der Waals surface area contributed by atoms with E-state index in [4.69, 9.17) is 9.84 Å². The Morgan fingerprint density at radius 1 is 1.11 bits per heavy atom. The number of phenolic OH excluding ortho intramolecular Hbond substituents is 1. The van der Waals surface area contributed by atoms with Crippen molar-refractivity contribution < 1.29 is 14.6 Å². The summed E-state index contributed by atoms with van der Waals surface area (Å²) in [6.07, 6.45) is 0.214. The van der Waals surface area contributed by atoms with Crippen LogP contribution in [-0.2, 0) is 22.6 Å². The summed E-state index contributed by atoms with van der Waals surface area (Å²) in [5, 5.41) is 9.15. The SMILES string of the molecule is Cc1cccc(COC(=O)Cc2ccc(O)cc2)c1. The van der Waals surface area contributed by atoms with E-state index in [1.54, 1.807) is 24.3 Å². The molecule has 19 heavy (non-hydrogen) atoms. The van der Waals surface area contributed by atoms with Crippen LogP contribution in [0.1, 0.15) is 16.7 Å². The van der Waals surface area contributed by atoms with Gasteiger partial charge in [-0.15, -0.1) is 0 Å². The second-order valence-corrected chi connectivity index (χ2v) is 4.49. The predicted molar refractivity (Wildman–Crippen MR) is 72.8 cm³/mol.